The number of fused-ring (bicyclic) bond motifs is 5. The molecule has 8 nitrogen and oxygen atoms in total. The second kappa shape index (κ2) is 8.91. The van der Waals surface area contributed by atoms with Crippen LogP contribution in [-0.2, 0) is 20.8 Å². The van der Waals surface area contributed by atoms with E-state index in [-0.39, 0.29) is 47.9 Å². The lowest BCUT2D eigenvalue weighted by atomic mass is 9.85. The van der Waals surface area contributed by atoms with E-state index in [9.17, 15) is 14.4 Å². The number of guanidine groups is 1. The van der Waals surface area contributed by atoms with Gasteiger partial charge < -0.3 is 16.0 Å². The maximum Gasteiger partial charge on any atom is 0.243 e. The molecule has 31 heavy (non-hydrogen) atoms. The number of allylic oxidation sites excluding steroid dienone is 2. The summed E-state index contributed by atoms with van der Waals surface area (Å²) >= 11 is 0. The van der Waals surface area contributed by atoms with Gasteiger partial charge in [0.25, 0.3) is 0 Å². The van der Waals surface area contributed by atoms with Crippen molar-refractivity contribution < 1.29 is 14.4 Å². The zero-order valence-electron chi connectivity index (χ0n) is 17.9. The topological polar surface area (TPSA) is 103 Å². The monoisotopic (exact) mass is 423 g/mol. The van der Waals surface area contributed by atoms with Crippen LogP contribution >= 0.6 is 0 Å². The van der Waals surface area contributed by atoms with E-state index >= 15 is 0 Å². The van der Waals surface area contributed by atoms with Crippen molar-refractivity contribution in [2.24, 2.45) is 28.7 Å². The summed E-state index contributed by atoms with van der Waals surface area (Å²) < 4.78 is 0. The third-order valence-corrected chi connectivity index (χ3v) is 6.45. The Morgan fingerprint density at radius 2 is 1.84 bits per heavy atom. The molecule has 3 amide bonds. The number of aryl methyl sites for hydroxylation is 1. The lowest BCUT2D eigenvalue weighted by molar-refractivity contribution is -0.140. The molecule has 164 valence electrons. The Hall–Kier alpha value is -3.16. The highest BCUT2D eigenvalue weighted by Gasteiger charge is 2.58. The van der Waals surface area contributed by atoms with Gasteiger partial charge in [-0.15, -0.1) is 0 Å². The van der Waals surface area contributed by atoms with E-state index in [4.69, 9.17) is 0 Å². The number of imide groups is 1. The normalized spacial score (nSPS) is 26.4. The van der Waals surface area contributed by atoms with Gasteiger partial charge in [-0.05, 0) is 42.4 Å². The van der Waals surface area contributed by atoms with Crippen LogP contribution in [0.15, 0.2) is 41.4 Å². The molecule has 3 N–H and O–H groups in total. The molecular formula is C23H29N5O3. The maximum absolute atomic E-state index is 12.7. The van der Waals surface area contributed by atoms with E-state index in [1.807, 2.05) is 24.3 Å². The van der Waals surface area contributed by atoms with Crippen molar-refractivity contribution in [2.75, 3.05) is 32.0 Å². The second-order valence-electron chi connectivity index (χ2n) is 8.28. The standard InChI is InChI=1S/C23H29N5O3/c1-3-14-5-4-6-17(11-14)27-18(29)13-26-23(24-2)25-9-10-28-21(30)19-15-7-8-16(12-15)20(19)22(28)31/h4-8,11,15-16,19-20H,3,9-10,12-13H2,1-2H3,(H,27,29)(H2,24,25,26). The number of amides is 3. The number of aliphatic imine (C=N–C) groups is 1. The highest BCUT2D eigenvalue weighted by Crippen LogP contribution is 2.52. The maximum atomic E-state index is 12.7. The van der Waals surface area contributed by atoms with E-state index in [2.05, 4.69) is 40.0 Å². The molecule has 4 atom stereocenters. The van der Waals surface area contributed by atoms with Crippen LogP contribution in [-0.4, -0.2) is 55.3 Å². The summed E-state index contributed by atoms with van der Waals surface area (Å²) in [5.41, 5.74) is 1.91. The average molecular weight is 424 g/mol. The van der Waals surface area contributed by atoms with Crippen molar-refractivity contribution in [1.82, 2.24) is 15.5 Å². The smallest absolute Gasteiger partial charge is 0.243 e. The Kier molecular flexibility index (Phi) is 6.06. The molecule has 1 saturated heterocycles. The van der Waals surface area contributed by atoms with Crippen molar-refractivity contribution in [3.05, 3.63) is 42.0 Å². The van der Waals surface area contributed by atoms with Gasteiger partial charge in [-0.2, -0.15) is 0 Å². The summed E-state index contributed by atoms with van der Waals surface area (Å²) in [5, 5.41) is 8.89. The molecule has 1 aliphatic heterocycles. The molecule has 3 aliphatic rings. The lowest BCUT2D eigenvalue weighted by Gasteiger charge is -2.18. The molecule has 8 heteroatoms. The predicted octanol–water partition coefficient (Wildman–Crippen LogP) is 1.16. The fourth-order valence-electron chi connectivity index (χ4n) is 4.93. The number of hydrogen-bond donors (Lipinski definition) is 3. The van der Waals surface area contributed by atoms with Crippen LogP contribution in [0.4, 0.5) is 5.69 Å². The van der Waals surface area contributed by atoms with E-state index in [1.54, 1.807) is 7.05 Å². The Labute approximate surface area is 182 Å². The fraction of sp³-hybridized carbons (Fsp3) is 0.478. The number of rotatable bonds is 7. The molecule has 1 saturated carbocycles. The number of benzene rings is 1. The van der Waals surface area contributed by atoms with Gasteiger partial charge >= 0.3 is 0 Å². The second-order valence-corrected chi connectivity index (χ2v) is 8.28. The molecule has 1 heterocycles. The third kappa shape index (κ3) is 4.19. The van der Waals surface area contributed by atoms with Gasteiger partial charge in [0.1, 0.15) is 0 Å². The molecule has 0 radical (unpaired) electrons. The first-order valence-electron chi connectivity index (χ1n) is 10.9. The summed E-state index contributed by atoms with van der Waals surface area (Å²) in [4.78, 5) is 43.1. The molecule has 4 unspecified atom stereocenters. The molecule has 2 bridgehead atoms. The zero-order valence-corrected chi connectivity index (χ0v) is 17.9. The third-order valence-electron chi connectivity index (χ3n) is 6.45. The molecule has 4 rings (SSSR count). The van der Waals surface area contributed by atoms with Crippen molar-refractivity contribution in [3.63, 3.8) is 0 Å². The molecule has 0 aromatic heterocycles. The summed E-state index contributed by atoms with van der Waals surface area (Å²) in [5.74, 6) is 0.251. The van der Waals surface area contributed by atoms with Crippen molar-refractivity contribution in [3.8, 4) is 0 Å². The lowest BCUT2D eigenvalue weighted by Crippen LogP contribution is -2.45. The van der Waals surface area contributed by atoms with E-state index in [1.165, 1.54) is 4.90 Å². The number of anilines is 1. The zero-order chi connectivity index (χ0) is 22.0. The van der Waals surface area contributed by atoms with Gasteiger partial charge in [0.2, 0.25) is 17.7 Å². The Morgan fingerprint density at radius 3 is 2.48 bits per heavy atom. The number of carbonyl (C=O) groups is 3. The number of nitrogens with zero attached hydrogens (tertiary/aromatic N) is 2. The Morgan fingerprint density at radius 1 is 1.13 bits per heavy atom. The van der Waals surface area contributed by atoms with Gasteiger partial charge in [-0.3, -0.25) is 24.3 Å². The largest absolute Gasteiger partial charge is 0.355 e. The van der Waals surface area contributed by atoms with Crippen LogP contribution in [0.3, 0.4) is 0 Å². The van der Waals surface area contributed by atoms with Crippen molar-refractivity contribution in [1.29, 1.82) is 0 Å². The first kappa shape index (κ1) is 21.1. The van der Waals surface area contributed by atoms with Gasteiger partial charge in [-0.25, -0.2) is 0 Å². The summed E-state index contributed by atoms with van der Waals surface area (Å²) in [6.45, 7) is 2.78. The highest BCUT2D eigenvalue weighted by atomic mass is 16.2. The van der Waals surface area contributed by atoms with Crippen LogP contribution in [0.25, 0.3) is 0 Å². The highest BCUT2D eigenvalue weighted by molar-refractivity contribution is 6.06. The first-order valence-corrected chi connectivity index (χ1v) is 10.9. The molecule has 2 aliphatic carbocycles. The Bertz CT molecular complexity index is 911. The SMILES string of the molecule is CCc1cccc(NC(=O)CNC(=NC)NCCN2C(=O)C3C4C=CC(C4)C3C2=O)c1. The predicted molar refractivity (Wildman–Crippen MR) is 118 cm³/mol. The molecular weight excluding hydrogens is 394 g/mol. The first-order chi connectivity index (χ1) is 15.0. The van der Waals surface area contributed by atoms with Crippen molar-refractivity contribution >= 4 is 29.4 Å². The summed E-state index contributed by atoms with van der Waals surface area (Å²) in [6.07, 6.45) is 6.02. The number of nitrogens with one attached hydrogen (secondary N) is 3. The molecule has 1 aromatic carbocycles. The molecule has 0 spiro atoms. The summed E-state index contributed by atoms with van der Waals surface area (Å²) in [7, 11) is 1.61. The number of carbonyl (C=O) groups excluding carboxylic acids is 3. The minimum Gasteiger partial charge on any atom is -0.355 e. The number of hydrogen-bond acceptors (Lipinski definition) is 4. The van der Waals surface area contributed by atoms with Crippen molar-refractivity contribution in [2.45, 2.75) is 19.8 Å². The minimum absolute atomic E-state index is 0.0507. The molecule has 2 fully saturated rings. The van der Waals surface area contributed by atoms with Crippen LogP contribution in [0.2, 0.25) is 0 Å². The fourth-order valence-corrected chi connectivity index (χ4v) is 4.93. The summed E-state index contributed by atoms with van der Waals surface area (Å²) in [6, 6.07) is 7.74. The quantitative estimate of drug-likeness (QED) is 0.264. The van der Waals surface area contributed by atoms with E-state index < -0.39 is 0 Å². The van der Waals surface area contributed by atoms with Gasteiger partial charge in [0.15, 0.2) is 5.96 Å². The average Bonchev–Trinajstić information content (AvgIpc) is 3.45. The molecule has 1 aromatic rings. The van der Waals surface area contributed by atoms with E-state index in [0.717, 1.165) is 24.1 Å². The van der Waals surface area contributed by atoms with Gasteiger partial charge in [0, 0.05) is 25.8 Å². The van der Waals surface area contributed by atoms with Gasteiger partial charge in [0.05, 0.1) is 18.4 Å². The van der Waals surface area contributed by atoms with Crippen LogP contribution in [0.5, 0.6) is 0 Å². The van der Waals surface area contributed by atoms with Gasteiger partial charge in [-0.1, -0.05) is 31.2 Å². The van der Waals surface area contributed by atoms with Crippen LogP contribution < -0.4 is 16.0 Å². The Balaban J connectivity index is 1.22. The van der Waals surface area contributed by atoms with E-state index in [0.29, 0.717) is 19.0 Å². The van der Waals surface area contributed by atoms with Crippen LogP contribution in [0.1, 0.15) is 18.9 Å². The number of likely N-dealkylation sites (tertiary alicyclic amines) is 1. The van der Waals surface area contributed by atoms with Crippen LogP contribution in [0, 0.1) is 23.7 Å². The minimum atomic E-state index is -0.183.